The van der Waals surface area contributed by atoms with Gasteiger partial charge in [-0.3, -0.25) is 4.79 Å². The third-order valence-electron chi connectivity index (χ3n) is 2.77. The van der Waals surface area contributed by atoms with Crippen LogP contribution in [0.15, 0.2) is 0 Å². The van der Waals surface area contributed by atoms with Crippen LogP contribution >= 0.6 is 0 Å². The molecule has 2 nitrogen and oxygen atoms in total. The Hall–Kier alpha value is -0.970. The second kappa shape index (κ2) is 3.83. The smallest absolute Gasteiger partial charge is 0.311 e. The zero-order chi connectivity index (χ0) is 9.90. The molecular weight excluding hydrogens is 164 g/mol. The number of rotatable bonds is 1. The molecule has 0 spiro atoms. The molecular formula is C11H16O2. The zero-order valence-electron chi connectivity index (χ0n) is 8.52. The van der Waals surface area contributed by atoms with Gasteiger partial charge in [-0.1, -0.05) is 0 Å². The molecule has 13 heavy (non-hydrogen) atoms. The minimum Gasteiger partial charge on any atom is -0.469 e. The van der Waals surface area contributed by atoms with E-state index < -0.39 is 0 Å². The lowest BCUT2D eigenvalue weighted by molar-refractivity contribution is -0.151. The van der Waals surface area contributed by atoms with Crippen LogP contribution in [0.3, 0.4) is 0 Å². The molecule has 0 radical (unpaired) electrons. The minimum atomic E-state index is -0.288. The largest absolute Gasteiger partial charge is 0.469 e. The first-order valence-corrected chi connectivity index (χ1v) is 4.63. The van der Waals surface area contributed by atoms with Gasteiger partial charge < -0.3 is 4.74 Å². The second-order valence-corrected chi connectivity index (χ2v) is 3.89. The third kappa shape index (κ3) is 2.03. The van der Waals surface area contributed by atoms with E-state index in [1.165, 1.54) is 7.11 Å². The highest BCUT2D eigenvalue weighted by atomic mass is 16.5. The molecule has 0 N–H and O–H groups in total. The van der Waals surface area contributed by atoms with E-state index in [1.54, 1.807) is 0 Å². The zero-order valence-corrected chi connectivity index (χ0v) is 8.52. The van der Waals surface area contributed by atoms with Crippen molar-refractivity contribution in [1.82, 2.24) is 0 Å². The van der Waals surface area contributed by atoms with Crippen molar-refractivity contribution in [1.29, 1.82) is 0 Å². The van der Waals surface area contributed by atoms with Crippen molar-refractivity contribution in [3.63, 3.8) is 0 Å². The van der Waals surface area contributed by atoms with E-state index in [-0.39, 0.29) is 11.4 Å². The highest BCUT2D eigenvalue weighted by Crippen LogP contribution is 2.41. The van der Waals surface area contributed by atoms with Crippen molar-refractivity contribution in [2.75, 3.05) is 7.11 Å². The predicted octanol–water partition coefficient (Wildman–Crippen LogP) is 1.99. The first kappa shape index (κ1) is 10.1. The third-order valence-corrected chi connectivity index (χ3v) is 2.77. The molecule has 0 aromatic rings. The Bertz CT molecular complexity index is 259. The summed E-state index contributed by atoms with van der Waals surface area (Å²) in [6, 6.07) is 0. The average molecular weight is 180 g/mol. The minimum absolute atomic E-state index is 0.0899. The van der Waals surface area contributed by atoms with Crippen molar-refractivity contribution in [3.05, 3.63) is 0 Å². The number of hydrogen-bond acceptors (Lipinski definition) is 2. The molecule has 0 aromatic heterocycles. The summed E-state index contributed by atoms with van der Waals surface area (Å²) in [7, 11) is 1.45. The fraction of sp³-hybridized carbons (Fsp3) is 0.727. The van der Waals surface area contributed by atoms with Crippen molar-refractivity contribution >= 4 is 5.97 Å². The van der Waals surface area contributed by atoms with E-state index in [0.29, 0.717) is 5.92 Å². The molecule has 2 unspecified atom stereocenters. The lowest BCUT2D eigenvalue weighted by Crippen LogP contribution is -2.25. The van der Waals surface area contributed by atoms with Gasteiger partial charge in [-0.15, -0.1) is 11.8 Å². The summed E-state index contributed by atoms with van der Waals surface area (Å²) < 4.78 is 4.78. The fourth-order valence-corrected chi connectivity index (χ4v) is 2.00. The molecule has 1 rings (SSSR count). The van der Waals surface area contributed by atoms with Crippen LogP contribution < -0.4 is 0 Å². The maximum Gasteiger partial charge on any atom is 0.311 e. The molecule has 0 bridgehead atoms. The van der Waals surface area contributed by atoms with Gasteiger partial charge in [0.2, 0.25) is 0 Å². The van der Waals surface area contributed by atoms with Crippen molar-refractivity contribution in [3.8, 4) is 11.8 Å². The van der Waals surface area contributed by atoms with Crippen LogP contribution in [0.5, 0.6) is 0 Å². The van der Waals surface area contributed by atoms with Crippen LogP contribution in [0, 0.1) is 23.2 Å². The van der Waals surface area contributed by atoms with Gasteiger partial charge in [-0.2, -0.15) is 0 Å². The second-order valence-electron chi connectivity index (χ2n) is 3.89. The lowest BCUT2D eigenvalue weighted by atomic mass is 9.88. The molecule has 72 valence electrons. The topological polar surface area (TPSA) is 26.3 Å². The average Bonchev–Trinajstić information content (AvgIpc) is 2.48. The van der Waals surface area contributed by atoms with Crippen LogP contribution in [0.2, 0.25) is 0 Å². The van der Waals surface area contributed by atoms with Crippen LogP contribution in [-0.2, 0) is 9.53 Å². The molecule has 0 aromatic carbocycles. The summed E-state index contributed by atoms with van der Waals surface area (Å²) in [5.41, 5.74) is -0.288. The van der Waals surface area contributed by atoms with Crippen molar-refractivity contribution in [2.24, 2.45) is 11.3 Å². The molecule has 0 aliphatic heterocycles. The Morgan fingerprint density at radius 2 is 2.31 bits per heavy atom. The SMILES string of the molecule is CC#CC1CCC(C)(C(=O)OC)C1. The molecule has 1 aliphatic rings. The van der Waals surface area contributed by atoms with Crippen LogP contribution in [0.4, 0.5) is 0 Å². The van der Waals surface area contributed by atoms with Gasteiger partial charge in [0.1, 0.15) is 0 Å². The van der Waals surface area contributed by atoms with E-state index in [2.05, 4.69) is 11.8 Å². The maximum absolute atomic E-state index is 11.4. The molecule has 0 amide bonds. The van der Waals surface area contributed by atoms with Gasteiger partial charge in [0.15, 0.2) is 0 Å². The van der Waals surface area contributed by atoms with Gasteiger partial charge >= 0.3 is 5.97 Å². The number of carbonyl (C=O) groups is 1. The first-order valence-electron chi connectivity index (χ1n) is 4.63. The summed E-state index contributed by atoms with van der Waals surface area (Å²) >= 11 is 0. The molecule has 1 aliphatic carbocycles. The maximum atomic E-state index is 11.4. The van der Waals surface area contributed by atoms with E-state index in [0.717, 1.165) is 19.3 Å². The van der Waals surface area contributed by atoms with Gasteiger partial charge in [0.25, 0.3) is 0 Å². The Balaban J connectivity index is 2.64. The number of carbonyl (C=O) groups excluding carboxylic acids is 1. The number of ether oxygens (including phenoxy) is 1. The van der Waals surface area contributed by atoms with Gasteiger partial charge in [-0.25, -0.2) is 0 Å². The number of hydrogen-bond donors (Lipinski definition) is 0. The number of esters is 1. The van der Waals surface area contributed by atoms with Crippen LogP contribution in [0.25, 0.3) is 0 Å². The van der Waals surface area contributed by atoms with E-state index >= 15 is 0 Å². The Morgan fingerprint density at radius 3 is 2.85 bits per heavy atom. The fourth-order valence-electron chi connectivity index (χ4n) is 2.00. The van der Waals surface area contributed by atoms with Crippen molar-refractivity contribution in [2.45, 2.75) is 33.1 Å². The monoisotopic (exact) mass is 180 g/mol. The normalized spacial score (nSPS) is 32.1. The highest BCUT2D eigenvalue weighted by Gasteiger charge is 2.41. The summed E-state index contributed by atoms with van der Waals surface area (Å²) in [6.45, 7) is 3.81. The molecule has 2 atom stereocenters. The quantitative estimate of drug-likeness (QED) is 0.455. The summed E-state index contributed by atoms with van der Waals surface area (Å²) in [4.78, 5) is 11.4. The summed E-state index contributed by atoms with van der Waals surface area (Å²) in [5.74, 6) is 6.32. The molecule has 0 saturated heterocycles. The first-order chi connectivity index (χ1) is 6.12. The van der Waals surface area contributed by atoms with Crippen LogP contribution in [0.1, 0.15) is 33.1 Å². The molecule has 2 heteroatoms. The van der Waals surface area contributed by atoms with Gasteiger partial charge in [0.05, 0.1) is 12.5 Å². The van der Waals surface area contributed by atoms with Crippen molar-refractivity contribution < 1.29 is 9.53 Å². The van der Waals surface area contributed by atoms with E-state index in [1.807, 2.05) is 13.8 Å². The molecule has 1 saturated carbocycles. The van der Waals surface area contributed by atoms with Crippen LogP contribution in [-0.4, -0.2) is 13.1 Å². The predicted molar refractivity (Wildman–Crippen MR) is 50.9 cm³/mol. The van der Waals surface area contributed by atoms with Gasteiger partial charge in [-0.05, 0) is 33.1 Å². The standard InChI is InChI=1S/C11H16O2/c1-4-5-9-6-7-11(2,8-9)10(12)13-3/h9H,6-8H2,1-3H3. The molecule has 0 heterocycles. The lowest BCUT2D eigenvalue weighted by Gasteiger charge is -2.19. The Morgan fingerprint density at radius 1 is 1.62 bits per heavy atom. The Labute approximate surface area is 79.7 Å². The number of methoxy groups -OCH3 is 1. The highest BCUT2D eigenvalue weighted by molar-refractivity contribution is 5.76. The summed E-state index contributed by atoms with van der Waals surface area (Å²) in [6.07, 6.45) is 2.77. The van der Waals surface area contributed by atoms with E-state index in [4.69, 9.17) is 4.74 Å². The van der Waals surface area contributed by atoms with Gasteiger partial charge in [0, 0.05) is 5.92 Å². The molecule has 1 fully saturated rings. The summed E-state index contributed by atoms with van der Waals surface area (Å²) in [5, 5.41) is 0. The Kier molecular flexibility index (Phi) is 2.98. The van der Waals surface area contributed by atoms with E-state index in [9.17, 15) is 4.79 Å².